The Morgan fingerprint density at radius 1 is 1.38 bits per heavy atom. The molecule has 21 heavy (non-hydrogen) atoms. The molecule has 116 valence electrons. The fourth-order valence-electron chi connectivity index (χ4n) is 3.77. The van der Waals surface area contributed by atoms with Crippen LogP contribution in [0.25, 0.3) is 0 Å². The molecule has 0 amide bonds. The van der Waals surface area contributed by atoms with Crippen LogP contribution in [-0.4, -0.2) is 55.7 Å². The fourth-order valence-corrected chi connectivity index (χ4v) is 4.06. The van der Waals surface area contributed by atoms with Gasteiger partial charge in [-0.15, -0.1) is 0 Å². The lowest BCUT2D eigenvalue weighted by Crippen LogP contribution is -2.52. The molecule has 0 radical (unpaired) electrons. The van der Waals surface area contributed by atoms with Crippen molar-refractivity contribution in [3.8, 4) is 5.75 Å². The molecule has 3 rings (SSSR count). The lowest BCUT2D eigenvalue weighted by molar-refractivity contribution is 0.0729. The Balaban J connectivity index is 1.85. The number of ether oxygens (including phenoxy) is 1. The number of rotatable bonds is 4. The van der Waals surface area contributed by atoms with Crippen molar-refractivity contribution in [2.75, 3.05) is 39.8 Å². The van der Waals surface area contributed by atoms with Crippen LogP contribution in [0.4, 0.5) is 0 Å². The number of hydrogen-bond donors (Lipinski definition) is 1. The summed E-state index contributed by atoms with van der Waals surface area (Å²) < 4.78 is 5.51. The topological polar surface area (TPSA) is 41.7 Å². The Morgan fingerprint density at radius 3 is 3.00 bits per heavy atom. The molecule has 1 aromatic carbocycles. The predicted molar refractivity (Wildman–Crippen MR) is 86.0 cm³/mol. The SMILES string of the molecule is COc1cccc(Cl)c1C(CN)N1CCN2CCCC2C1. The first-order chi connectivity index (χ1) is 10.2. The molecular weight excluding hydrogens is 286 g/mol. The van der Waals surface area contributed by atoms with Crippen molar-refractivity contribution < 1.29 is 4.74 Å². The quantitative estimate of drug-likeness (QED) is 0.925. The van der Waals surface area contributed by atoms with Gasteiger partial charge in [0.15, 0.2) is 0 Å². The highest BCUT2D eigenvalue weighted by Gasteiger charge is 2.34. The second-order valence-electron chi connectivity index (χ2n) is 5.93. The van der Waals surface area contributed by atoms with E-state index in [4.69, 9.17) is 22.1 Å². The Hall–Kier alpha value is -0.810. The van der Waals surface area contributed by atoms with E-state index in [2.05, 4.69) is 9.80 Å². The van der Waals surface area contributed by atoms with Gasteiger partial charge in [-0.2, -0.15) is 0 Å². The van der Waals surface area contributed by atoms with E-state index in [1.54, 1.807) is 7.11 Å². The van der Waals surface area contributed by atoms with E-state index < -0.39 is 0 Å². The van der Waals surface area contributed by atoms with E-state index in [0.29, 0.717) is 12.6 Å². The zero-order chi connectivity index (χ0) is 14.8. The molecule has 2 fully saturated rings. The maximum absolute atomic E-state index is 6.44. The zero-order valence-electron chi connectivity index (χ0n) is 12.6. The molecule has 5 heteroatoms. The van der Waals surface area contributed by atoms with Gasteiger partial charge in [-0.3, -0.25) is 9.80 Å². The minimum atomic E-state index is 0.136. The van der Waals surface area contributed by atoms with Crippen LogP contribution in [0.5, 0.6) is 5.75 Å². The predicted octanol–water partition coefficient (Wildman–Crippen LogP) is 2.13. The Morgan fingerprint density at radius 2 is 2.24 bits per heavy atom. The highest BCUT2D eigenvalue weighted by Crippen LogP contribution is 2.36. The van der Waals surface area contributed by atoms with Crippen LogP contribution in [0.15, 0.2) is 18.2 Å². The minimum absolute atomic E-state index is 0.136. The summed E-state index contributed by atoms with van der Waals surface area (Å²) in [6.07, 6.45) is 2.62. The number of nitrogens with two attached hydrogens (primary N) is 1. The third kappa shape index (κ3) is 2.90. The molecular formula is C16H24ClN3O. The molecule has 0 bridgehead atoms. The van der Waals surface area contributed by atoms with Gasteiger partial charge in [-0.25, -0.2) is 0 Å². The van der Waals surface area contributed by atoms with E-state index in [0.717, 1.165) is 36.0 Å². The van der Waals surface area contributed by atoms with Crippen molar-refractivity contribution in [2.24, 2.45) is 5.73 Å². The average molecular weight is 310 g/mol. The van der Waals surface area contributed by atoms with Gasteiger partial charge in [-0.05, 0) is 31.5 Å². The van der Waals surface area contributed by atoms with Gasteiger partial charge < -0.3 is 10.5 Å². The Bertz CT molecular complexity index is 496. The summed E-state index contributed by atoms with van der Waals surface area (Å²) in [5, 5.41) is 0.749. The third-order valence-electron chi connectivity index (χ3n) is 4.85. The molecule has 0 saturated carbocycles. The molecule has 0 aliphatic carbocycles. The summed E-state index contributed by atoms with van der Waals surface area (Å²) in [6, 6.07) is 6.63. The van der Waals surface area contributed by atoms with Crippen LogP contribution in [0.3, 0.4) is 0 Å². The molecule has 0 spiro atoms. The molecule has 2 aliphatic rings. The van der Waals surface area contributed by atoms with Gasteiger partial charge in [0.1, 0.15) is 5.75 Å². The first-order valence-corrected chi connectivity index (χ1v) is 8.13. The van der Waals surface area contributed by atoms with E-state index in [-0.39, 0.29) is 6.04 Å². The van der Waals surface area contributed by atoms with Crippen molar-refractivity contribution >= 4 is 11.6 Å². The van der Waals surface area contributed by atoms with Gasteiger partial charge in [0.2, 0.25) is 0 Å². The second-order valence-corrected chi connectivity index (χ2v) is 6.34. The van der Waals surface area contributed by atoms with Crippen LogP contribution in [0, 0.1) is 0 Å². The molecule has 1 aromatic rings. The molecule has 0 aromatic heterocycles. The van der Waals surface area contributed by atoms with E-state index in [1.807, 2.05) is 18.2 Å². The first kappa shape index (κ1) is 15.1. The number of methoxy groups -OCH3 is 1. The summed E-state index contributed by atoms with van der Waals surface area (Å²) in [6.45, 7) is 5.07. The van der Waals surface area contributed by atoms with Crippen LogP contribution >= 0.6 is 11.6 Å². The smallest absolute Gasteiger partial charge is 0.125 e. The normalized spacial score (nSPS) is 24.8. The van der Waals surface area contributed by atoms with E-state index in [1.165, 1.54) is 19.4 Å². The largest absolute Gasteiger partial charge is 0.496 e. The van der Waals surface area contributed by atoms with E-state index >= 15 is 0 Å². The number of nitrogens with zero attached hydrogens (tertiary/aromatic N) is 2. The number of piperazine rings is 1. The van der Waals surface area contributed by atoms with Crippen molar-refractivity contribution in [3.63, 3.8) is 0 Å². The van der Waals surface area contributed by atoms with Gasteiger partial charge in [0.05, 0.1) is 13.2 Å². The summed E-state index contributed by atoms with van der Waals surface area (Å²) in [5.74, 6) is 0.840. The van der Waals surface area contributed by atoms with Crippen LogP contribution < -0.4 is 10.5 Å². The van der Waals surface area contributed by atoms with Gasteiger partial charge >= 0.3 is 0 Å². The molecule has 2 aliphatic heterocycles. The molecule has 2 unspecified atom stereocenters. The Kier molecular flexibility index (Phi) is 4.69. The summed E-state index contributed by atoms with van der Waals surface area (Å²) in [7, 11) is 1.69. The van der Waals surface area contributed by atoms with Gasteiger partial charge in [-0.1, -0.05) is 17.7 Å². The van der Waals surface area contributed by atoms with Crippen LogP contribution in [0.2, 0.25) is 5.02 Å². The van der Waals surface area contributed by atoms with Crippen molar-refractivity contribution in [1.82, 2.24) is 9.80 Å². The minimum Gasteiger partial charge on any atom is -0.496 e. The standard InChI is InChI=1S/C16H24ClN3O/c1-21-15-6-2-5-13(17)16(15)14(10-18)20-9-8-19-7-3-4-12(19)11-20/h2,5-6,12,14H,3-4,7-11,18H2,1H3. The van der Waals surface area contributed by atoms with Crippen molar-refractivity contribution in [3.05, 3.63) is 28.8 Å². The van der Waals surface area contributed by atoms with Crippen molar-refractivity contribution in [1.29, 1.82) is 0 Å². The number of benzene rings is 1. The molecule has 2 saturated heterocycles. The highest BCUT2D eigenvalue weighted by atomic mass is 35.5. The Labute approximate surface area is 131 Å². The number of fused-ring (bicyclic) bond motifs is 1. The highest BCUT2D eigenvalue weighted by molar-refractivity contribution is 6.31. The van der Waals surface area contributed by atoms with E-state index in [9.17, 15) is 0 Å². The second kappa shape index (κ2) is 6.53. The summed E-state index contributed by atoms with van der Waals surface area (Å²) >= 11 is 6.44. The maximum atomic E-state index is 6.44. The van der Waals surface area contributed by atoms with Crippen LogP contribution in [0.1, 0.15) is 24.4 Å². The van der Waals surface area contributed by atoms with Gasteiger partial charge in [0, 0.05) is 42.8 Å². The maximum Gasteiger partial charge on any atom is 0.125 e. The summed E-state index contributed by atoms with van der Waals surface area (Å²) in [4.78, 5) is 5.09. The van der Waals surface area contributed by atoms with Gasteiger partial charge in [0.25, 0.3) is 0 Å². The molecule has 2 atom stereocenters. The van der Waals surface area contributed by atoms with Crippen LogP contribution in [-0.2, 0) is 0 Å². The third-order valence-corrected chi connectivity index (χ3v) is 5.18. The molecule has 2 heterocycles. The lowest BCUT2D eigenvalue weighted by Gasteiger charge is -2.41. The number of halogens is 1. The first-order valence-electron chi connectivity index (χ1n) is 7.75. The molecule has 2 N–H and O–H groups in total. The zero-order valence-corrected chi connectivity index (χ0v) is 13.4. The average Bonchev–Trinajstić information content (AvgIpc) is 2.97. The lowest BCUT2D eigenvalue weighted by atomic mass is 10.0. The summed E-state index contributed by atoms with van der Waals surface area (Å²) in [5.41, 5.74) is 7.13. The fraction of sp³-hybridized carbons (Fsp3) is 0.625. The number of hydrogen-bond acceptors (Lipinski definition) is 4. The molecule has 4 nitrogen and oxygen atoms in total. The van der Waals surface area contributed by atoms with Crippen molar-refractivity contribution in [2.45, 2.75) is 24.9 Å². The monoisotopic (exact) mass is 309 g/mol.